The molecule has 1 aliphatic heterocycles. The van der Waals surface area contributed by atoms with E-state index in [1.165, 1.54) is 23.9 Å². The minimum atomic E-state index is -0.361. The maximum atomic E-state index is 13.5. The number of hydrogen-bond acceptors (Lipinski definition) is 5. The molecule has 2 N–H and O–H groups in total. The number of hydrogen-bond donors (Lipinski definition) is 1. The lowest BCUT2D eigenvalue weighted by atomic mass is 9.95. The molecule has 1 saturated heterocycles. The second-order valence-corrected chi connectivity index (χ2v) is 7.54. The van der Waals surface area contributed by atoms with Gasteiger partial charge in [0.25, 0.3) is 0 Å². The molecule has 2 unspecified atom stereocenters. The highest BCUT2D eigenvalue weighted by molar-refractivity contribution is 8.15. The third kappa shape index (κ3) is 3.83. The number of halogens is 1. The predicted molar refractivity (Wildman–Crippen MR) is 104 cm³/mol. The lowest BCUT2D eigenvalue weighted by Crippen LogP contribution is -2.34. The average molecular weight is 383 g/mol. The van der Waals surface area contributed by atoms with E-state index < -0.39 is 0 Å². The van der Waals surface area contributed by atoms with Gasteiger partial charge in [0.2, 0.25) is 5.91 Å². The number of nitrogens with zero attached hydrogens (tertiary/aromatic N) is 2. The van der Waals surface area contributed by atoms with Gasteiger partial charge in [-0.1, -0.05) is 30.0 Å². The number of carbonyl (C=O) groups is 1. The topological polar surface area (TPSA) is 71.8 Å². The molecular formula is C20H18FN3O2S. The fourth-order valence-corrected chi connectivity index (χ4v) is 4.35. The van der Waals surface area contributed by atoms with Crippen LogP contribution >= 0.6 is 11.8 Å². The maximum absolute atomic E-state index is 13.5. The number of benzene rings is 1. The molecule has 0 spiro atoms. The van der Waals surface area contributed by atoms with Gasteiger partial charge in [0.05, 0.1) is 30.0 Å². The summed E-state index contributed by atoms with van der Waals surface area (Å²) in [4.78, 5) is 19.3. The van der Waals surface area contributed by atoms with Gasteiger partial charge in [0.1, 0.15) is 5.82 Å². The van der Waals surface area contributed by atoms with Crippen LogP contribution in [0.25, 0.3) is 0 Å². The van der Waals surface area contributed by atoms with Crippen LogP contribution in [0.15, 0.2) is 76.2 Å². The monoisotopic (exact) mass is 383 g/mol. The molecule has 1 aliphatic carbocycles. The number of carbonyl (C=O) groups excluding carboxylic acids is 1. The third-order valence-electron chi connectivity index (χ3n) is 4.48. The molecule has 1 fully saturated rings. The normalized spacial score (nSPS) is 23.9. The minimum absolute atomic E-state index is 0.0140. The molecule has 27 heavy (non-hydrogen) atoms. The Morgan fingerprint density at radius 1 is 1.37 bits per heavy atom. The van der Waals surface area contributed by atoms with Crippen molar-refractivity contribution in [2.24, 2.45) is 16.6 Å². The second kappa shape index (κ2) is 7.44. The predicted octanol–water partition coefficient (Wildman–Crippen LogP) is 3.97. The molecular weight excluding hydrogens is 365 g/mol. The van der Waals surface area contributed by atoms with Crippen molar-refractivity contribution in [1.82, 2.24) is 4.90 Å². The Kier molecular flexibility index (Phi) is 4.85. The van der Waals surface area contributed by atoms with Crippen LogP contribution in [0.4, 0.5) is 10.1 Å². The van der Waals surface area contributed by atoms with Gasteiger partial charge < -0.3 is 10.2 Å². The van der Waals surface area contributed by atoms with E-state index in [4.69, 9.17) is 10.2 Å². The third-order valence-corrected chi connectivity index (χ3v) is 5.80. The van der Waals surface area contributed by atoms with Crippen molar-refractivity contribution in [3.8, 4) is 0 Å². The van der Waals surface area contributed by atoms with Gasteiger partial charge in [-0.3, -0.25) is 9.69 Å². The van der Waals surface area contributed by atoms with E-state index in [1.807, 2.05) is 24.3 Å². The maximum Gasteiger partial charge on any atom is 0.243 e. The molecule has 0 radical (unpaired) electrons. The van der Waals surface area contributed by atoms with Crippen molar-refractivity contribution in [3.63, 3.8) is 0 Å². The smallest absolute Gasteiger partial charge is 0.243 e. The highest BCUT2D eigenvalue weighted by Crippen LogP contribution is 2.38. The molecule has 2 aliphatic rings. The van der Waals surface area contributed by atoms with Gasteiger partial charge in [0, 0.05) is 17.2 Å². The largest absolute Gasteiger partial charge is 0.472 e. The van der Waals surface area contributed by atoms with Gasteiger partial charge in [-0.05, 0) is 36.8 Å². The van der Waals surface area contributed by atoms with Crippen molar-refractivity contribution in [2.45, 2.75) is 18.2 Å². The van der Waals surface area contributed by atoms with Gasteiger partial charge in [-0.15, -0.1) is 0 Å². The number of rotatable bonds is 4. The van der Waals surface area contributed by atoms with Crippen LogP contribution in [0.5, 0.6) is 0 Å². The fraction of sp³-hybridized carbons (Fsp3) is 0.200. The number of furan rings is 1. The number of amidine groups is 1. The van der Waals surface area contributed by atoms with E-state index in [-0.39, 0.29) is 22.9 Å². The van der Waals surface area contributed by atoms with E-state index in [9.17, 15) is 9.18 Å². The summed E-state index contributed by atoms with van der Waals surface area (Å²) >= 11 is 1.41. The van der Waals surface area contributed by atoms with Crippen LogP contribution < -0.4 is 5.73 Å². The van der Waals surface area contributed by atoms with E-state index in [2.05, 4.69) is 4.99 Å². The minimum Gasteiger partial charge on any atom is -0.472 e. The second-order valence-electron chi connectivity index (χ2n) is 6.43. The number of nitrogens with two attached hydrogens (primary N) is 1. The van der Waals surface area contributed by atoms with Gasteiger partial charge in [0.15, 0.2) is 5.17 Å². The summed E-state index contributed by atoms with van der Waals surface area (Å²) in [5.74, 6) is -0.332. The first-order valence-electron chi connectivity index (χ1n) is 8.57. The molecule has 2 aromatic rings. The molecule has 2 heterocycles. The molecule has 138 valence electrons. The number of amides is 1. The Morgan fingerprint density at radius 2 is 2.26 bits per heavy atom. The highest BCUT2D eigenvalue weighted by Gasteiger charge is 2.41. The van der Waals surface area contributed by atoms with E-state index >= 15 is 0 Å². The van der Waals surface area contributed by atoms with E-state index in [0.29, 0.717) is 29.5 Å². The van der Waals surface area contributed by atoms with Crippen molar-refractivity contribution >= 4 is 28.5 Å². The molecule has 7 heteroatoms. The molecule has 4 rings (SSSR count). The van der Waals surface area contributed by atoms with Crippen LogP contribution in [0.3, 0.4) is 0 Å². The first-order chi connectivity index (χ1) is 13.1. The zero-order valence-corrected chi connectivity index (χ0v) is 15.2. The molecule has 1 amide bonds. The molecule has 2 atom stereocenters. The van der Waals surface area contributed by atoms with Crippen LogP contribution in [0.2, 0.25) is 0 Å². The zero-order chi connectivity index (χ0) is 18.8. The number of allylic oxidation sites excluding steroid dienone is 3. The van der Waals surface area contributed by atoms with Crippen molar-refractivity contribution in [2.75, 3.05) is 0 Å². The van der Waals surface area contributed by atoms with Crippen molar-refractivity contribution in [3.05, 3.63) is 78.2 Å². The van der Waals surface area contributed by atoms with Crippen LogP contribution in [-0.4, -0.2) is 21.2 Å². The quantitative estimate of drug-likeness (QED) is 0.867. The van der Waals surface area contributed by atoms with Gasteiger partial charge >= 0.3 is 0 Å². The first kappa shape index (κ1) is 17.6. The van der Waals surface area contributed by atoms with Gasteiger partial charge in [-0.2, -0.15) is 0 Å². The highest BCUT2D eigenvalue weighted by atomic mass is 32.2. The van der Waals surface area contributed by atoms with Crippen LogP contribution in [0.1, 0.15) is 12.0 Å². The lowest BCUT2D eigenvalue weighted by Gasteiger charge is -2.19. The summed E-state index contributed by atoms with van der Waals surface area (Å²) in [5.41, 5.74) is 7.86. The average Bonchev–Trinajstić information content (AvgIpc) is 3.26. The summed E-state index contributed by atoms with van der Waals surface area (Å²) in [5, 5.41) is 0.275. The summed E-state index contributed by atoms with van der Waals surface area (Å²) in [6.45, 7) is 0.362. The Bertz CT molecular complexity index is 936. The number of aliphatic imine (C=N–C) groups is 1. The molecule has 0 bridgehead atoms. The van der Waals surface area contributed by atoms with Gasteiger partial charge in [-0.25, -0.2) is 9.38 Å². The Hall–Kier alpha value is -2.80. The molecule has 1 aromatic carbocycles. The van der Waals surface area contributed by atoms with E-state index in [1.54, 1.807) is 29.6 Å². The van der Waals surface area contributed by atoms with Crippen LogP contribution in [0, 0.1) is 11.7 Å². The van der Waals surface area contributed by atoms with Crippen LogP contribution in [-0.2, 0) is 11.3 Å². The molecule has 5 nitrogen and oxygen atoms in total. The zero-order valence-electron chi connectivity index (χ0n) is 14.4. The summed E-state index contributed by atoms with van der Waals surface area (Å²) < 4.78 is 18.6. The standard InChI is InChI=1S/C20H18FN3O2S/c21-15-2-1-3-17(10-15)23-20-24(11-13-8-9-26-12-13)19(25)18(27-20)14-4-6-16(22)7-5-14/h1-4,6-10,12,14,18H,5,11,22H2. The lowest BCUT2D eigenvalue weighted by molar-refractivity contribution is -0.127. The Balaban J connectivity index is 1.64. The first-order valence-corrected chi connectivity index (χ1v) is 9.45. The summed E-state index contributed by atoms with van der Waals surface area (Å²) in [6, 6.07) is 7.85. The SMILES string of the molecule is NC1=CCC(C2SC(=Nc3cccc(F)c3)N(Cc3ccoc3)C2=O)C=C1. The Morgan fingerprint density at radius 3 is 2.96 bits per heavy atom. The van der Waals surface area contributed by atoms with Crippen molar-refractivity contribution in [1.29, 1.82) is 0 Å². The van der Waals surface area contributed by atoms with Crippen molar-refractivity contribution < 1.29 is 13.6 Å². The summed E-state index contributed by atoms with van der Waals surface area (Å²) in [6.07, 6.45) is 9.63. The molecule has 1 aromatic heterocycles. The number of thioether (sulfide) groups is 1. The summed E-state index contributed by atoms with van der Waals surface area (Å²) in [7, 11) is 0. The Labute approximate surface area is 160 Å². The van der Waals surface area contributed by atoms with E-state index in [0.717, 1.165) is 5.56 Å². The molecule has 0 saturated carbocycles. The fourth-order valence-electron chi connectivity index (χ4n) is 3.08.